The second kappa shape index (κ2) is 6.74. The zero-order valence-corrected chi connectivity index (χ0v) is 14.5. The van der Waals surface area contributed by atoms with Gasteiger partial charge in [-0.25, -0.2) is 4.79 Å². The SMILES string of the molecule is COc1ccc(C(=O)CN2C(=O)NC3(CCCCC3)C2=O)c(OC)c1. The first-order valence-electron chi connectivity index (χ1n) is 8.40. The van der Waals surface area contributed by atoms with Gasteiger partial charge in [0.05, 0.1) is 26.3 Å². The highest BCUT2D eigenvalue weighted by Gasteiger charge is 2.51. The molecule has 0 bridgehead atoms. The van der Waals surface area contributed by atoms with Gasteiger partial charge in [-0.05, 0) is 25.0 Å². The van der Waals surface area contributed by atoms with Gasteiger partial charge in [-0.3, -0.25) is 14.5 Å². The summed E-state index contributed by atoms with van der Waals surface area (Å²) in [5, 5.41) is 2.81. The van der Waals surface area contributed by atoms with Gasteiger partial charge < -0.3 is 14.8 Å². The maximum atomic E-state index is 12.8. The summed E-state index contributed by atoms with van der Waals surface area (Å²) < 4.78 is 10.3. The number of imide groups is 1. The lowest BCUT2D eigenvalue weighted by Gasteiger charge is -2.30. The van der Waals surface area contributed by atoms with Crippen LogP contribution in [0.4, 0.5) is 4.79 Å². The van der Waals surface area contributed by atoms with E-state index < -0.39 is 11.6 Å². The summed E-state index contributed by atoms with van der Waals surface area (Å²) in [5.41, 5.74) is -0.506. The molecule has 1 aliphatic carbocycles. The molecule has 1 saturated carbocycles. The third-order valence-electron chi connectivity index (χ3n) is 4.96. The summed E-state index contributed by atoms with van der Waals surface area (Å²) in [6.45, 7) is -0.297. The number of carbonyl (C=O) groups excluding carboxylic acids is 3. The molecule has 7 nitrogen and oxygen atoms in total. The quantitative estimate of drug-likeness (QED) is 0.652. The molecule has 7 heteroatoms. The summed E-state index contributed by atoms with van der Waals surface area (Å²) in [5.74, 6) is 0.266. The lowest BCUT2D eigenvalue weighted by Crippen LogP contribution is -2.48. The first-order chi connectivity index (χ1) is 12.0. The molecule has 1 spiro atoms. The van der Waals surface area contributed by atoms with E-state index in [1.54, 1.807) is 18.2 Å². The molecule has 0 aromatic heterocycles. The topological polar surface area (TPSA) is 84.9 Å². The van der Waals surface area contributed by atoms with Crippen LogP contribution in [0.3, 0.4) is 0 Å². The number of nitrogens with one attached hydrogen (secondary N) is 1. The Balaban J connectivity index is 1.79. The predicted molar refractivity (Wildman–Crippen MR) is 89.9 cm³/mol. The first-order valence-corrected chi connectivity index (χ1v) is 8.40. The fraction of sp³-hybridized carbons (Fsp3) is 0.500. The number of rotatable bonds is 5. The van der Waals surface area contributed by atoms with Gasteiger partial charge in [0.25, 0.3) is 5.91 Å². The van der Waals surface area contributed by atoms with Crippen molar-refractivity contribution in [3.63, 3.8) is 0 Å². The van der Waals surface area contributed by atoms with Crippen LogP contribution in [0, 0.1) is 0 Å². The van der Waals surface area contributed by atoms with Crippen LogP contribution in [-0.4, -0.2) is 48.9 Å². The van der Waals surface area contributed by atoms with Crippen molar-refractivity contribution in [1.29, 1.82) is 0 Å². The molecule has 1 aromatic rings. The smallest absolute Gasteiger partial charge is 0.325 e. The summed E-state index contributed by atoms with van der Waals surface area (Å²) in [6, 6.07) is 4.33. The number of carbonyl (C=O) groups is 3. The summed E-state index contributed by atoms with van der Waals surface area (Å²) in [7, 11) is 2.98. The van der Waals surface area contributed by atoms with Crippen LogP contribution < -0.4 is 14.8 Å². The average molecular weight is 346 g/mol. The second-order valence-electron chi connectivity index (χ2n) is 6.45. The third kappa shape index (κ3) is 3.06. The molecule has 134 valence electrons. The molecule has 3 amide bonds. The summed E-state index contributed by atoms with van der Waals surface area (Å²) in [6.07, 6.45) is 4.13. The van der Waals surface area contributed by atoms with Crippen LogP contribution in [0.15, 0.2) is 18.2 Å². The van der Waals surface area contributed by atoms with E-state index in [1.165, 1.54) is 14.2 Å². The first kappa shape index (κ1) is 17.3. The maximum absolute atomic E-state index is 12.8. The Hall–Kier alpha value is -2.57. The molecule has 1 N–H and O–H groups in total. The standard InChI is InChI=1S/C18H22N2O5/c1-24-12-6-7-13(15(10-12)25-2)14(21)11-20-16(22)18(19-17(20)23)8-4-3-5-9-18/h6-7,10H,3-5,8-9,11H2,1-2H3,(H,19,23). The van der Waals surface area contributed by atoms with Crippen LogP contribution in [0.5, 0.6) is 11.5 Å². The number of Topliss-reactive ketones (excluding diaryl/α,β-unsaturated/α-hetero) is 1. The van der Waals surface area contributed by atoms with E-state index in [0.29, 0.717) is 29.9 Å². The Bertz CT molecular complexity index is 709. The van der Waals surface area contributed by atoms with E-state index in [-0.39, 0.29) is 18.2 Å². The van der Waals surface area contributed by atoms with E-state index in [4.69, 9.17) is 9.47 Å². The van der Waals surface area contributed by atoms with Gasteiger partial charge >= 0.3 is 6.03 Å². The van der Waals surface area contributed by atoms with Crippen LogP contribution in [0.1, 0.15) is 42.5 Å². The summed E-state index contributed by atoms with van der Waals surface area (Å²) >= 11 is 0. The highest BCUT2D eigenvalue weighted by atomic mass is 16.5. The van der Waals surface area contributed by atoms with Gasteiger partial charge in [0.15, 0.2) is 5.78 Å². The number of ketones is 1. The zero-order chi connectivity index (χ0) is 18.0. The Morgan fingerprint density at radius 3 is 2.52 bits per heavy atom. The molecule has 2 aliphatic rings. The molecule has 2 fully saturated rings. The number of urea groups is 1. The number of methoxy groups -OCH3 is 2. The molecule has 25 heavy (non-hydrogen) atoms. The van der Waals surface area contributed by atoms with Gasteiger partial charge in [0.1, 0.15) is 17.0 Å². The summed E-state index contributed by atoms with van der Waals surface area (Å²) in [4.78, 5) is 38.7. The van der Waals surface area contributed by atoms with Crippen molar-refractivity contribution in [2.45, 2.75) is 37.6 Å². The molecule has 0 unspecified atom stereocenters. The molecule has 1 heterocycles. The van der Waals surface area contributed by atoms with Crippen molar-refractivity contribution < 1.29 is 23.9 Å². The average Bonchev–Trinajstić information content (AvgIpc) is 2.85. The third-order valence-corrected chi connectivity index (χ3v) is 4.96. The Morgan fingerprint density at radius 2 is 1.88 bits per heavy atom. The van der Waals surface area contributed by atoms with E-state index in [1.807, 2.05) is 0 Å². The molecular weight excluding hydrogens is 324 g/mol. The van der Waals surface area contributed by atoms with Crippen molar-refractivity contribution in [1.82, 2.24) is 10.2 Å². The minimum atomic E-state index is -0.820. The lowest BCUT2D eigenvalue weighted by atomic mass is 9.82. The Morgan fingerprint density at radius 1 is 1.16 bits per heavy atom. The van der Waals surface area contributed by atoms with Gasteiger partial charge in [0.2, 0.25) is 0 Å². The normalized spacial score (nSPS) is 19.0. The van der Waals surface area contributed by atoms with Crippen LogP contribution >= 0.6 is 0 Å². The van der Waals surface area contributed by atoms with E-state index in [9.17, 15) is 14.4 Å². The molecular formula is C18H22N2O5. The van der Waals surface area contributed by atoms with Gasteiger partial charge in [-0.1, -0.05) is 19.3 Å². The monoisotopic (exact) mass is 346 g/mol. The number of benzene rings is 1. The van der Waals surface area contributed by atoms with Gasteiger partial charge in [-0.15, -0.1) is 0 Å². The fourth-order valence-corrected chi connectivity index (χ4v) is 3.57. The number of amides is 3. The number of ether oxygens (including phenoxy) is 2. The van der Waals surface area contributed by atoms with E-state index in [2.05, 4.69) is 5.32 Å². The highest BCUT2D eigenvalue weighted by Crippen LogP contribution is 2.34. The molecule has 0 atom stereocenters. The Labute approximate surface area is 146 Å². The van der Waals surface area contributed by atoms with Crippen molar-refractivity contribution >= 4 is 17.7 Å². The van der Waals surface area contributed by atoms with Crippen LogP contribution in [0.25, 0.3) is 0 Å². The maximum Gasteiger partial charge on any atom is 0.325 e. The zero-order valence-electron chi connectivity index (χ0n) is 14.5. The van der Waals surface area contributed by atoms with Crippen LogP contribution in [-0.2, 0) is 4.79 Å². The second-order valence-corrected chi connectivity index (χ2v) is 6.45. The lowest BCUT2D eigenvalue weighted by molar-refractivity contribution is -0.132. The van der Waals surface area contributed by atoms with Crippen LogP contribution in [0.2, 0.25) is 0 Å². The van der Waals surface area contributed by atoms with E-state index >= 15 is 0 Å². The largest absolute Gasteiger partial charge is 0.497 e. The van der Waals surface area contributed by atoms with Gasteiger partial charge in [-0.2, -0.15) is 0 Å². The molecule has 1 aliphatic heterocycles. The van der Waals surface area contributed by atoms with Crippen molar-refractivity contribution in [2.24, 2.45) is 0 Å². The number of nitrogens with zero attached hydrogens (tertiary/aromatic N) is 1. The fourth-order valence-electron chi connectivity index (χ4n) is 3.57. The molecule has 0 radical (unpaired) electrons. The molecule has 1 saturated heterocycles. The highest BCUT2D eigenvalue weighted by molar-refractivity contribution is 6.11. The number of hydrogen-bond acceptors (Lipinski definition) is 5. The number of hydrogen-bond donors (Lipinski definition) is 1. The van der Waals surface area contributed by atoms with Gasteiger partial charge in [0, 0.05) is 6.07 Å². The van der Waals surface area contributed by atoms with Crippen molar-refractivity contribution in [2.75, 3.05) is 20.8 Å². The minimum Gasteiger partial charge on any atom is -0.497 e. The minimum absolute atomic E-state index is 0.293. The van der Waals surface area contributed by atoms with Crippen molar-refractivity contribution in [3.05, 3.63) is 23.8 Å². The molecule has 3 rings (SSSR count). The predicted octanol–water partition coefficient (Wildman–Crippen LogP) is 2.14. The van der Waals surface area contributed by atoms with E-state index in [0.717, 1.165) is 24.2 Å². The van der Waals surface area contributed by atoms with Crippen molar-refractivity contribution in [3.8, 4) is 11.5 Å². The Kier molecular flexibility index (Phi) is 4.65. The molecule has 1 aromatic carbocycles.